The Bertz CT molecular complexity index is 999. The Balaban J connectivity index is -0.000000633. The number of rotatable bonds is 55. The summed E-state index contributed by atoms with van der Waals surface area (Å²) in [5, 5.41) is 0. The molecule has 0 fully saturated rings. The molecule has 0 amide bonds. The van der Waals surface area contributed by atoms with E-state index in [1.165, 1.54) is 204 Å². The number of ether oxygens (including phenoxy) is 3. The lowest BCUT2D eigenvalue weighted by Gasteiger charge is -2.36. The minimum atomic E-state index is -2.87. The molecular weight excluding hydrogens is 984 g/mol. The van der Waals surface area contributed by atoms with E-state index in [1.54, 1.807) is 42.7 Å². The van der Waals surface area contributed by atoms with Gasteiger partial charge in [-0.1, -0.05) is 181 Å². The van der Waals surface area contributed by atoms with Gasteiger partial charge in [-0.3, -0.25) is 0 Å². The summed E-state index contributed by atoms with van der Waals surface area (Å²) in [4.78, 5) is 0. The van der Waals surface area contributed by atoms with Crippen LogP contribution in [0.25, 0.3) is 0 Å². The lowest BCUT2D eigenvalue weighted by atomic mass is 9.85. The minimum Gasteiger partial charge on any atom is -1.00 e. The van der Waals surface area contributed by atoms with Crippen LogP contribution in [0.3, 0.4) is 0 Å². The Morgan fingerprint density at radius 3 is 1.01 bits per heavy atom. The first-order valence-corrected chi connectivity index (χ1v) is 33.4. The van der Waals surface area contributed by atoms with Crippen LogP contribution in [0.15, 0.2) is 0 Å². The molecule has 0 aliphatic carbocycles. The average Bonchev–Trinajstić information content (AvgIpc) is 3.34. The molecule has 1 unspecified atom stereocenters. The third-order valence-electron chi connectivity index (χ3n) is 14.2. The van der Waals surface area contributed by atoms with Gasteiger partial charge in [-0.25, -0.2) is 0 Å². The zero-order valence-electron chi connectivity index (χ0n) is 50.0. The van der Waals surface area contributed by atoms with Crippen molar-refractivity contribution in [3.8, 4) is 0 Å². The number of hydrogen-bond acceptors (Lipinski definition) is 10. The van der Waals surface area contributed by atoms with Gasteiger partial charge in [0.1, 0.15) is 0 Å². The van der Waals surface area contributed by atoms with Crippen molar-refractivity contribution >= 4 is 30.0 Å². The molecule has 11 nitrogen and oxygen atoms in total. The van der Waals surface area contributed by atoms with E-state index in [2.05, 4.69) is 41.7 Å². The molecule has 15 heteroatoms. The second kappa shape index (κ2) is 56.3. The molecule has 0 saturated heterocycles. The van der Waals surface area contributed by atoms with Gasteiger partial charge >= 0.3 is 17.6 Å². The Kier molecular flexibility index (Phi) is 61.8. The molecule has 0 aromatic carbocycles. The SMILES string of the molecule is CCCCCCCCCCCCCC(CCC[Si](OCCOC)(OCCOC)OCCOC)CC(C)(C)N.CCCCCCCCCC[N+](C)(CCCCCCCCCC)CCC[Si](OC)(OC)OC.Cl.[Cl-]. The van der Waals surface area contributed by atoms with Gasteiger partial charge in [0, 0.05) is 66.7 Å². The van der Waals surface area contributed by atoms with Crippen molar-refractivity contribution in [1.29, 1.82) is 0 Å². The second-order valence-corrected chi connectivity index (χ2v) is 27.4. The van der Waals surface area contributed by atoms with Gasteiger partial charge in [0.05, 0.1) is 66.3 Å². The molecule has 2 N–H and O–H groups in total. The van der Waals surface area contributed by atoms with Crippen molar-refractivity contribution < 1.29 is 57.7 Å². The number of halogens is 2. The Morgan fingerprint density at radius 1 is 0.403 bits per heavy atom. The summed E-state index contributed by atoms with van der Waals surface area (Å²) in [6.45, 7) is 17.9. The van der Waals surface area contributed by atoms with Gasteiger partial charge < -0.3 is 63.4 Å². The molecular formula is C57H126Cl2N2O9Si2. The van der Waals surface area contributed by atoms with Crippen molar-refractivity contribution in [3.05, 3.63) is 0 Å². The van der Waals surface area contributed by atoms with Crippen LogP contribution in [0, 0.1) is 5.92 Å². The number of nitrogens with two attached hydrogens (primary N) is 1. The Morgan fingerprint density at radius 2 is 0.694 bits per heavy atom. The van der Waals surface area contributed by atoms with Gasteiger partial charge in [-0.2, -0.15) is 0 Å². The predicted molar refractivity (Wildman–Crippen MR) is 310 cm³/mol. The first-order valence-electron chi connectivity index (χ1n) is 29.5. The zero-order valence-corrected chi connectivity index (χ0v) is 53.5. The molecule has 0 heterocycles. The van der Waals surface area contributed by atoms with Crippen LogP contribution in [0.4, 0.5) is 0 Å². The highest BCUT2D eigenvalue weighted by Gasteiger charge is 2.41. The molecule has 0 aliphatic rings. The lowest BCUT2D eigenvalue weighted by molar-refractivity contribution is -0.910. The van der Waals surface area contributed by atoms with E-state index in [4.69, 9.17) is 46.5 Å². The van der Waals surface area contributed by atoms with Crippen molar-refractivity contribution in [2.75, 3.05) is 109 Å². The molecule has 0 aliphatic heterocycles. The summed E-state index contributed by atoms with van der Waals surface area (Å²) < 4.78 is 52.5. The minimum absolute atomic E-state index is 0. The van der Waals surface area contributed by atoms with Crippen LogP contribution in [-0.2, 0) is 40.8 Å². The molecule has 0 rings (SSSR count). The normalized spacial score (nSPS) is 12.6. The van der Waals surface area contributed by atoms with Gasteiger partial charge in [0.2, 0.25) is 0 Å². The monoisotopic (exact) mass is 1110 g/mol. The van der Waals surface area contributed by atoms with Crippen molar-refractivity contribution in [2.24, 2.45) is 11.7 Å². The smallest absolute Gasteiger partial charge is 0.501 e. The largest absolute Gasteiger partial charge is 1.00 e. The van der Waals surface area contributed by atoms with Crippen LogP contribution < -0.4 is 18.1 Å². The molecule has 0 radical (unpaired) electrons. The number of nitrogens with zero attached hydrogens (tertiary/aromatic N) is 1. The highest BCUT2D eigenvalue weighted by molar-refractivity contribution is 6.61. The maximum Gasteiger partial charge on any atom is 0.501 e. The molecule has 0 saturated carbocycles. The topological polar surface area (TPSA) is 109 Å². The van der Waals surface area contributed by atoms with Gasteiger partial charge in [0.15, 0.2) is 0 Å². The average molecular weight is 1110 g/mol. The highest BCUT2D eigenvalue weighted by atomic mass is 35.5. The Labute approximate surface area is 463 Å². The highest BCUT2D eigenvalue weighted by Crippen LogP contribution is 2.29. The quantitative estimate of drug-likeness (QED) is 0.0359. The van der Waals surface area contributed by atoms with E-state index < -0.39 is 17.6 Å². The fourth-order valence-corrected chi connectivity index (χ4v) is 14.0. The molecule has 1 atom stereocenters. The van der Waals surface area contributed by atoms with Crippen molar-refractivity contribution in [3.63, 3.8) is 0 Å². The van der Waals surface area contributed by atoms with E-state index in [1.807, 2.05) is 0 Å². The van der Waals surface area contributed by atoms with Crippen molar-refractivity contribution in [2.45, 2.75) is 258 Å². The first kappa shape index (κ1) is 79.1. The fourth-order valence-electron chi connectivity index (χ4n) is 9.80. The standard InChI is InChI=1S/C30H65NO6Si.C27H60NO3Si.2ClH/c1-7-8-9-10-11-12-13-14-15-16-17-19-29(28-30(2,3)31)20-18-27-38(35-24-21-32-4,36-25-22-33-5)37-26-23-34-6;1-7-9-11-13-15-17-19-21-24-28(3,25-22-20-18-16-14-12-10-8-2)26-23-27-32(29-4,30-5)31-6;;/h29H,7-28,31H2,1-6H3;7-27H2,1-6H3;2*1H/q;+1;;/p-1. The van der Waals surface area contributed by atoms with Gasteiger partial charge in [-0.15, -0.1) is 12.4 Å². The summed E-state index contributed by atoms with van der Waals surface area (Å²) in [7, 11) is 7.39. The third kappa shape index (κ3) is 50.1. The molecule has 0 spiro atoms. The van der Waals surface area contributed by atoms with Gasteiger partial charge in [-0.05, 0) is 58.3 Å². The summed E-state index contributed by atoms with van der Waals surface area (Å²) >= 11 is 0. The van der Waals surface area contributed by atoms with E-state index in [0.29, 0.717) is 45.6 Å². The second-order valence-electron chi connectivity index (χ2n) is 21.6. The predicted octanol–water partition coefficient (Wildman–Crippen LogP) is 12.5. The first-order chi connectivity index (χ1) is 33.8. The van der Waals surface area contributed by atoms with E-state index in [-0.39, 0.29) is 30.4 Å². The van der Waals surface area contributed by atoms with E-state index >= 15 is 0 Å². The molecule has 0 aromatic rings. The molecule has 440 valence electrons. The van der Waals surface area contributed by atoms with Crippen LogP contribution in [-0.4, -0.2) is 137 Å². The zero-order chi connectivity index (χ0) is 52.3. The summed E-state index contributed by atoms with van der Waals surface area (Å²) in [6, 6.07) is 1.70. The maximum absolute atomic E-state index is 6.46. The summed E-state index contributed by atoms with van der Waals surface area (Å²) in [5.74, 6) is 0.609. The van der Waals surface area contributed by atoms with Crippen LogP contribution in [0.2, 0.25) is 12.1 Å². The number of quaternary nitrogens is 1. The number of unbranched alkanes of at least 4 members (excludes halogenated alkanes) is 24. The van der Waals surface area contributed by atoms with Crippen LogP contribution in [0.1, 0.15) is 240 Å². The van der Waals surface area contributed by atoms with E-state index in [9.17, 15) is 0 Å². The van der Waals surface area contributed by atoms with E-state index in [0.717, 1.165) is 37.8 Å². The van der Waals surface area contributed by atoms with Crippen molar-refractivity contribution in [1.82, 2.24) is 0 Å². The maximum atomic E-state index is 6.46. The molecule has 0 bridgehead atoms. The van der Waals surface area contributed by atoms with Crippen LogP contribution >= 0.6 is 12.4 Å². The van der Waals surface area contributed by atoms with Gasteiger partial charge in [0.25, 0.3) is 0 Å². The Hall–Kier alpha value is 0.574. The van der Waals surface area contributed by atoms with Crippen LogP contribution in [0.5, 0.6) is 0 Å². The summed E-state index contributed by atoms with van der Waals surface area (Å²) in [6.07, 6.45) is 43.0. The number of methoxy groups -OCH3 is 3. The lowest BCUT2D eigenvalue weighted by Crippen LogP contribution is -3.00. The summed E-state index contributed by atoms with van der Waals surface area (Å²) in [5.41, 5.74) is 6.30. The molecule has 0 aromatic heterocycles. The molecule has 72 heavy (non-hydrogen) atoms. The fraction of sp³-hybridized carbons (Fsp3) is 1.00. The number of hydrogen-bond donors (Lipinski definition) is 1. The third-order valence-corrected chi connectivity index (χ3v) is 19.9.